The second-order valence-electron chi connectivity index (χ2n) is 8.84. The van der Waals surface area contributed by atoms with Crippen molar-refractivity contribution < 1.29 is 9.59 Å². The molecule has 150 valence electrons. The third-order valence-corrected chi connectivity index (χ3v) is 6.91. The van der Waals surface area contributed by atoms with E-state index in [0.717, 1.165) is 49.7 Å². The van der Waals surface area contributed by atoms with E-state index in [9.17, 15) is 9.59 Å². The Morgan fingerprint density at radius 2 is 1.66 bits per heavy atom. The van der Waals surface area contributed by atoms with Crippen LogP contribution >= 0.6 is 0 Å². The molecule has 2 aromatic rings. The second kappa shape index (κ2) is 7.33. The zero-order valence-corrected chi connectivity index (χ0v) is 16.8. The Morgan fingerprint density at radius 3 is 2.38 bits per heavy atom. The van der Waals surface area contributed by atoms with Crippen LogP contribution in [0.3, 0.4) is 0 Å². The minimum atomic E-state index is -0.432. The summed E-state index contributed by atoms with van der Waals surface area (Å²) in [6, 6.07) is 18.3. The number of rotatable bonds is 4. The summed E-state index contributed by atoms with van der Waals surface area (Å²) < 4.78 is 0. The van der Waals surface area contributed by atoms with Gasteiger partial charge in [0.15, 0.2) is 0 Å². The molecule has 1 spiro atoms. The Kier molecular flexibility index (Phi) is 4.65. The first-order valence-corrected chi connectivity index (χ1v) is 10.9. The molecule has 2 aromatic carbocycles. The fraction of sp³-hybridized carbons (Fsp3) is 0.440. The monoisotopic (exact) mass is 388 g/mol. The molecule has 1 aliphatic heterocycles. The molecule has 4 heteroatoms. The number of benzene rings is 2. The highest BCUT2D eigenvalue weighted by Gasteiger charge is 2.54. The zero-order valence-electron chi connectivity index (χ0n) is 16.8. The van der Waals surface area contributed by atoms with Gasteiger partial charge >= 0.3 is 0 Å². The zero-order chi connectivity index (χ0) is 19.8. The summed E-state index contributed by atoms with van der Waals surface area (Å²) in [7, 11) is 0. The third kappa shape index (κ3) is 3.25. The van der Waals surface area contributed by atoms with Gasteiger partial charge in [-0.05, 0) is 42.9 Å². The molecule has 0 bridgehead atoms. The lowest BCUT2D eigenvalue weighted by Crippen LogP contribution is -2.62. The van der Waals surface area contributed by atoms with Crippen molar-refractivity contribution in [3.63, 3.8) is 0 Å². The Hall–Kier alpha value is -2.62. The van der Waals surface area contributed by atoms with Crippen LogP contribution in [0.1, 0.15) is 72.3 Å². The molecule has 2 fully saturated rings. The number of amides is 2. The highest BCUT2D eigenvalue weighted by Crippen LogP contribution is 2.50. The van der Waals surface area contributed by atoms with Crippen LogP contribution in [-0.2, 0) is 11.3 Å². The summed E-state index contributed by atoms with van der Waals surface area (Å²) in [6.45, 7) is 0.557. The topological polar surface area (TPSA) is 49.4 Å². The van der Waals surface area contributed by atoms with Gasteiger partial charge in [-0.2, -0.15) is 0 Å². The molecule has 1 atom stereocenters. The van der Waals surface area contributed by atoms with Crippen molar-refractivity contribution in [2.24, 2.45) is 0 Å². The maximum Gasteiger partial charge on any atom is 0.254 e. The number of nitrogens with zero attached hydrogens (tertiary/aromatic N) is 1. The van der Waals surface area contributed by atoms with Crippen molar-refractivity contribution >= 4 is 11.8 Å². The molecule has 0 radical (unpaired) electrons. The number of fused-ring (bicyclic) bond motifs is 1. The van der Waals surface area contributed by atoms with Gasteiger partial charge in [0.1, 0.15) is 0 Å². The molecule has 1 N–H and O–H groups in total. The van der Waals surface area contributed by atoms with Crippen LogP contribution in [0.4, 0.5) is 0 Å². The van der Waals surface area contributed by atoms with E-state index in [0.29, 0.717) is 18.2 Å². The molecule has 2 saturated carbocycles. The van der Waals surface area contributed by atoms with Crippen LogP contribution in [0, 0.1) is 0 Å². The number of hydrogen-bond acceptors (Lipinski definition) is 2. The van der Waals surface area contributed by atoms with Gasteiger partial charge in [0, 0.05) is 18.2 Å². The Bertz CT molecular complexity index is 913. The fourth-order valence-corrected chi connectivity index (χ4v) is 5.35. The lowest BCUT2D eigenvalue weighted by molar-refractivity contribution is -0.127. The van der Waals surface area contributed by atoms with E-state index >= 15 is 0 Å². The molecule has 0 unspecified atom stereocenters. The summed E-state index contributed by atoms with van der Waals surface area (Å²) in [5.41, 5.74) is 2.29. The quantitative estimate of drug-likeness (QED) is 0.844. The summed E-state index contributed by atoms with van der Waals surface area (Å²) in [4.78, 5) is 29.3. The first-order valence-electron chi connectivity index (χ1n) is 10.9. The van der Waals surface area contributed by atoms with Crippen LogP contribution in [0.15, 0.2) is 54.6 Å². The normalized spacial score (nSPS) is 23.0. The first-order chi connectivity index (χ1) is 14.2. The van der Waals surface area contributed by atoms with Gasteiger partial charge in [-0.15, -0.1) is 0 Å². The SMILES string of the molecule is O=C(NC1CC1)[C@@H]1c2ccccc2C(=O)N(Cc2ccccc2)C12CCCCC2. The molecule has 2 amide bonds. The lowest BCUT2D eigenvalue weighted by atomic mass is 9.65. The molecular weight excluding hydrogens is 360 g/mol. The van der Waals surface area contributed by atoms with E-state index in [1.54, 1.807) is 0 Å². The van der Waals surface area contributed by atoms with Gasteiger partial charge in [-0.25, -0.2) is 0 Å². The number of nitrogens with one attached hydrogen (secondary N) is 1. The fourth-order valence-electron chi connectivity index (χ4n) is 5.35. The molecule has 1 heterocycles. The summed E-state index contributed by atoms with van der Waals surface area (Å²) in [6.07, 6.45) is 7.22. The molecule has 2 aliphatic carbocycles. The Balaban J connectivity index is 1.63. The first kappa shape index (κ1) is 18.4. The predicted molar refractivity (Wildman–Crippen MR) is 112 cm³/mol. The van der Waals surface area contributed by atoms with Crippen molar-refractivity contribution in [2.75, 3.05) is 0 Å². The highest BCUT2D eigenvalue weighted by molar-refractivity contribution is 6.02. The largest absolute Gasteiger partial charge is 0.353 e. The van der Waals surface area contributed by atoms with Gasteiger partial charge < -0.3 is 10.2 Å². The minimum absolute atomic E-state index is 0.0711. The van der Waals surface area contributed by atoms with Gasteiger partial charge in [0.05, 0.1) is 11.5 Å². The standard InChI is InChI=1S/C25H28N2O2/c28-23(26-19-13-14-19)22-20-11-5-6-12-21(20)24(29)27(17-18-9-3-1-4-10-18)25(22)15-7-2-8-16-25/h1,3-6,9-12,19,22H,2,7-8,13-17H2,(H,26,28)/t22-/m0/s1. The molecule has 5 rings (SSSR count). The van der Waals surface area contributed by atoms with E-state index in [1.807, 2.05) is 47.4 Å². The number of carbonyl (C=O) groups is 2. The maximum absolute atomic E-state index is 13.7. The number of carbonyl (C=O) groups excluding carboxylic acids is 2. The van der Waals surface area contributed by atoms with E-state index < -0.39 is 5.54 Å². The average molecular weight is 389 g/mol. The van der Waals surface area contributed by atoms with Crippen LogP contribution < -0.4 is 5.32 Å². The van der Waals surface area contributed by atoms with Gasteiger partial charge in [-0.1, -0.05) is 67.8 Å². The van der Waals surface area contributed by atoms with Crippen molar-refractivity contribution in [3.05, 3.63) is 71.3 Å². The molecule has 0 aromatic heterocycles. The van der Waals surface area contributed by atoms with E-state index in [2.05, 4.69) is 17.4 Å². The highest BCUT2D eigenvalue weighted by atomic mass is 16.2. The summed E-state index contributed by atoms with van der Waals surface area (Å²) in [5.74, 6) is -0.116. The van der Waals surface area contributed by atoms with Crippen LogP contribution in [0.5, 0.6) is 0 Å². The van der Waals surface area contributed by atoms with Crippen molar-refractivity contribution in [1.29, 1.82) is 0 Å². The Labute approximate surface area is 172 Å². The molecule has 0 saturated heterocycles. The lowest BCUT2D eigenvalue weighted by Gasteiger charge is -2.53. The van der Waals surface area contributed by atoms with Crippen LogP contribution in [0.25, 0.3) is 0 Å². The molecule has 4 nitrogen and oxygen atoms in total. The smallest absolute Gasteiger partial charge is 0.254 e. The van der Waals surface area contributed by atoms with Gasteiger partial charge in [0.25, 0.3) is 5.91 Å². The summed E-state index contributed by atoms with van der Waals surface area (Å²) >= 11 is 0. The second-order valence-corrected chi connectivity index (χ2v) is 8.84. The predicted octanol–water partition coefficient (Wildman–Crippen LogP) is 4.41. The minimum Gasteiger partial charge on any atom is -0.353 e. The van der Waals surface area contributed by atoms with E-state index in [-0.39, 0.29) is 17.7 Å². The Morgan fingerprint density at radius 1 is 0.966 bits per heavy atom. The molecule has 29 heavy (non-hydrogen) atoms. The van der Waals surface area contributed by atoms with Crippen LogP contribution in [0.2, 0.25) is 0 Å². The van der Waals surface area contributed by atoms with Crippen LogP contribution in [-0.4, -0.2) is 28.3 Å². The average Bonchev–Trinajstić information content (AvgIpc) is 3.57. The third-order valence-electron chi connectivity index (χ3n) is 6.91. The maximum atomic E-state index is 13.7. The number of hydrogen-bond donors (Lipinski definition) is 1. The summed E-state index contributed by atoms with van der Waals surface area (Å²) in [5, 5.41) is 3.26. The molecule has 3 aliphatic rings. The molecular formula is C25H28N2O2. The van der Waals surface area contributed by atoms with Crippen molar-refractivity contribution in [2.45, 2.75) is 69.0 Å². The van der Waals surface area contributed by atoms with Crippen molar-refractivity contribution in [1.82, 2.24) is 10.2 Å². The van der Waals surface area contributed by atoms with E-state index in [4.69, 9.17) is 0 Å². The van der Waals surface area contributed by atoms with Gasteiger partial charge in [-0.3, -0.25) is 9.59 Å². The van der Waals surface area contributed by atoms with Crippen molar-refractivity contribution in [3.8, 4) is 0 Å². The van der Waals surface area contributed by atoms with Gasteiger partial charge in [0.2, 0.25) is 5.91 Å². The van der Waals surface area contributed by atoms with E-state index in [1.165, 1.54) is 6.42 Å².